The molecular weight excluding hydrogens is 463 g/mol. The summed E-state index contributed by atoms with van der Waals surface area (Å²) >= 11 is 11.9. The van der Waals surface area contributed by atoms with Gasteiger partial charge in [-0.15, -0.1) is 0 Å². The first kappa shape index (κ1) is 22.2. The molecule has 4 rings (SSSR count). The van der Waals surface area contributed by atoms with Gasteiger partial charge < -0.3 is 14.8 Å². The lowest BCUT2D eigenvalue weighted by atomic mass is 9.98. The number of amides is 1. The third-order valence-corrected chi connectivity index (χ3v) is 7.94. The molecule has 0 bridgehead atoms. The molecule has 2 heterocycles. The van der Waals surface area contributed by atoms with Gasteiger partial charge in [-0.05, 0) is 48.2 Å². The van der Waals surface area contributed by atoms with Crippen molar-refractivity contribution >= 4 is 39.1 Å². The maximum absolute atomic E-state index is 12.9. The number of benzene rings is 2. The summed E-state index contributed by atoms with van der Waals surface area (Å²) in [5.41, 5.74) is 1.45. The van der Waals surface area contributed by atoms with E-state index in [4.69, 9.17) is 32.7 Å². The number of hydrogen-bond donors (Lipinski definition) is 1. The highest BCUT2D eigenvalue weighted by atomic mass is 35.5. The maximum Gasteiger partial charge on any atom is 0.231 e. The minimum Gasteiger partial charge on any atom is -0.454 e. The van der Waals surface area contributed by atoms with Crippen LogP contribution in [-0.4, -0.2) is 38.5 Å². The molecular formula is C21H22Cl2N2O5S. The molecule has 0 aromatic heterocycles. The van der Waals surface area contributed by atoms with Gasteiger partial charge in [0.1, 0.15) is 0 Å². The van der Waals surface area contributed by atoms with Crippen molar-refractivity contribution in [1.29, 1.82) is 0 Å². The van der Waals surface area contributed by atoms with Crippen LogP contribution in [0, 0.1) is 5.92 Å². The van der Waals surface area contributed by atoms with Crippen molar-refractivity contribution in [1.82, 2.24) is 9.62 Å². The third-order valence-electron chi connectivity index (χ3n) is 5.39. The number of ether oxygens (including phenoxy) is 2. The Morgan fingerprint density at radius 2 is 1.84 bits per heavy atom. The van der Waals surface area contributed by atoms with Gasteiger partial charge in [0.2, 0.25) is 22.7 Å². The van der Waals surface area contributed by atoms with E-state index >= 15 is 0 Å². The van der Waals surface area contributed by atoms with E-state index in [0.29, 0.717) is 53.0 Å². The van der Waals surface area contributed by atoms with E-state index in [-0.39, 0.29) is 25.0 Å². The largest absolute Gasteiger partial charge is 0.454 e. The van der Waals surface area contributed by atoms with Gasteiger partial charge in [0.05, 0.1) is 21.7 Å². The van der Waals surface area contributed by atoms with Crippen LogP contribution in [0.15, 0.2) is 36.4 Å². The third kappa shape index (κ3) is 5.26. The van der Waals surface area contributed by atoms with Crippen LogP contribution < -0.4 is 14.8 Å². The van der Waals surface area contributed by atoms with Gasteiger partial charge in [-0.2, -0.15) is 0 Å². The van der Waals surface area contributed by atoms with Gasteiger partial charge in [0, 0.05) is 19.6 Å². The van der Waals surface area contributed by atoms with Crippen LogP contribution in [0.5, 0.6) is 11.5 Å². The molecule has 0 radical (unpaired) electrons. The molecule has 2 aliphatic heterocycles. The summed E-state index contributed by atoms with van der Waals surface area (Å²) in [5, 5.41) is 3.60. The number of halogens is 2. The van der Waals surface area contributed by atoms with Gasteiger partial charge in [0.15, 0.2) is 11.5 Å². The molecule has 31 heavy (non-hydrogen) atoms. The summed E-state index contributed by atoms with van der Waals surface area (Å²) in [5.74, 6) is 0.600. The molecule has 0 spiro atoms. The van der Waals surface area contributed by atoms with Crippen LogP contribution in [-0.2, 0) is 27.1 Å². The second-order valence-corrected chi connectivity index (χ2v) is 10.4. The Morgan fingerprint density at radius 1 is 1.06 bits per heavy atom. The average molecular weight is 485 g/mol. The standard InChI is InChI=1S/C21H22Cl2N2O5S/c22-17-5-3-15(8-18(17)23)12-31(27,28)25-7-1-2-16(11-25)21(26)24-10-14-4-6-19-20(9-14)30-13-29-19/h3-6,8-9,16H,1-2,7,10-13H2,(H,24,26)/t16-/m0/s1. The summed E-state index contributed by atoms with van der Waals surface area (Å²) in [6.45, 7) is 1.09. The van der Waals surface area contributed by atoms with Crippen molar-refractivity contribution in [3.05, 3.63) is 57.6 Å². The number of hydrogen-bond acceptors (Lipinski definition) is 5. The first-order chi connectivity index (χ1) is 14.8. The Kier molecular flexibility index (Phi) is 6.62. The lowest BCUT2D eigenvalue weighted by molar-refractivity contribution is -0.126. The van der Waals surface area contributed by atoms with E-state index in [0.717, 1.165) is 5.56 Å². The molecule has 166 valence electrons. The Labute approximate surface area is 191 Å². The molecule has 10 heteroatoms. The normalized spacial score (nSPS) is 18.7. The SMILES string of the molecule is O=C(NCc1ccc2c(c1)OCO2)[C@H]1CCCN(S(=O)(=O)Cc2ccc(Cl)c(Cl)c2)C1. The van der Waals surface area contributed by atoms with Crippen LogP contribution >= 0.6 is 23.2 Å². The van der Waals surface area contributed by atoms with Gasteiger partial charge in [-0.1, -0.05) is 35.3 Å². The first-order valence-electron chi connectivity index (χ1n) is 9.90. The number of nitrogens with one attached hydrogen (secondary N) is 1. The van der Waals surface area contributed by atoms with E-state index in [1.807, 2.05) is 18.2 Å². The molecule has 2 aromatic rings. The smallest absolute Gasteiger partial charge is 0.231 e. The van der Waals surface area contributed by atoms with Crippen LogP contribution in [0.25, 0.3) is 0 Å². The molecule has 0 saturated carbocycles. The molecule has 1 fully saturated rings. The molecule has 1 amide bonds. The van der Waals surface area contributed by atoms with Crippen LogP contribution in [0.2, 0.25) is 10.0 Å². The summed E-state index contributed by atoms with van der Waals surface area (Å²) in [6, 6.07) is 10.3. The molecule has 2 aliphatic rings. The molecule has 2 aromatic carbocycles. The van der Waals surface area contributed by atoms with Crippen LogP contribution in [0.1, 0.15) is 24.0 Å². The molecule has 7 nitrogen and oxygen atoms in total. The van der Waals surface area contributed by atoms with Crippen LogP contribution in [0.4, 0.5) is 0 Å². The zero-order valence-corrected chi connectivity index (χ0v) is 19.0. The summed E-state index contributed by atoms with van der Waals surface area (Å²) < 4.78 is 37.8. The second kappa shape index (κ2) is 9.24. The first-order valence-corrected chi connectivity index (χ1v) is 12.3. The maximum atomic E-state index is 12.9. The van der Waals surface area contributed by atoms with Gasteiger partial charge in [-0.25, -0.2) is 12.7 Å². The highest BCUT2D eigenvalue weighted by Crippen LogP contribution is 2.32. The predicted molar refractivity (Wildman–Crippen MR) is 118 cm³/mol. The predicted octanol–water partition coefficient (Wildman–Crippen LogP) is 3.58. The minimum absolute atomic E-state index is 0.160. The fraction of sp³-hybridized carbons (Fsp3) is 0.381. The van der Waals surface area contributed by atoms with E-state index in [2.05, 4.69) is 5.32 Å². The van der Waals surface area contributed by atoms with Gasteiger partial charge in [0.25, 0.3) is 0 Å². The van der Waals surface area contributed by atoms with Gasteiger partial charge in [-0.3, -0.25) is 4.79 Å². The number of piperidine rings is 1. The molecule has 1 atom stereocenters. The minimum atomic E-state index is -3.59. The highest BCUT2D eigenvalue weighted by Gasteiger charge is 2.32. The Balaban J connectivity index is 1.35. The fourth-order valence-corrected chi connectivity index (χ4v) is 5.64. The Bertz CT molecular complexity index is 1090. The second-order valence-electron chi connectivity index (χ2n) is 7.61. The van der Waals surface area contributed by atoms with Crippen LogP contribution in [0.3, 0.4) is 0 Å². The summed E-state index contributed by atoms with van der Waals surface area (Å²) in [7, 11) is -3.59. The fourth-order valence-electron chi connectivity index (χ4n) is 3.72. The van der Waals surface area contributed by atoms with Crippen molar-refractivity contribution in [3.8, 4) is 11.5 Å². The number of rotatable bonds is 6. The zero-order chi connectivity index (χ0) is 22.0. The van der Waals surface area contributed by atoms with Crippen molar-refractivity contribution in [2.45, 2.75) is 25.1 Å². The monoisotopic (exact) mass is 484 g/mol. The van der Waals surface area contributed by atoms with E-state index < -0.39 is 15.9 Å². The lowest BCUT2D eigenvalue weighted by Gasteiger charge is -2.31. The topological polar surface area (TPSA) is 84.9 Å². The molecule has 0 aliphatic carbocycles. The molecule has 1 N–H and O–H groups in total. The Hall–Kier alpha value is -2.00. The number of carbonyl (C=O) groups excluding carboxylic acids is 1. The Morgan fingerprint density at radius 3 is 2.65 bits per heavy atom. The van der Waals surface area contributed by atoms with Crippen molar-refractivity contribution in [2.75, 3.05) is 19.9 Å². The number of nitrogens with zero attached hydrogens (tertiary/aromatic N) is 1. The molecule has 1 saturated heterocycles. The highest BCUT2D eigenvalue weighted by molar-refractivity contribution is 7.88. The van der Waals surface area contributed by atoms with E-state index in [1.165, 1.54) is 4.31 Å². The zero-order valence-electron chi connectivity index (χ0n) is 16.6. The van der Waals surface area contributed by atoms with Gasteiger partial charge >= 0.3 is 0 Å². The van der Waals surface area contributed by atoms with E-state index in [1.54, 1.807) is 18.2 Å². The summed E-state index contributed by atoms with van der Waals surface area (Å²) in [4.78, 5) is 12.7. The number of carbonyl (C=O) groups is 1. The average Bonchev–Trinajstić information content (AvgIpc) is 3.22. The van der Waals surface area contributed by atoms with Crippen molar-refractivity contribution in [3.63, 3.8) is 0 Å². The van der Waals surface area contributed by atoms with Crippen molar-refractivity contribution in [2.24, 2.45) is 5.92 Å². The van der Waals surface area contributed by atoms with Crippen molar-refractivity contribution < 1.29 is 22.7 Å². The lowest BCUT2D eigenvalue weighted by Crippen LogP contribution is -2.45. The summed E-state index contributed by atoms with van der Waals surface area (Å²) in [6.07, 6.45) is 1.27. The van der Waals surface area contributed by atoms with E-state index in [9.17, 15) is 13.2 Å². The number of fused-ring (bicyclic) bond motifs is 1. The molecule has 0 unspecified atom stereocenters. The quantitative estimate of drug-likeness (QED) is 0.676. The number of sulfonamides is 1.